The number of methoxy groups -OCH3 is 1. The summed E-state index contributed by atoms with van der Waals surface area (Å²) in [4.78, 5) is 25.6. The number of fused-ring (bicyclic) bond motifs is 1. The highest BCUT2D eigenvalue weighted by molar-refractivity contribution is 6.04. The lowest BCUT2D eigenvalue weighted by Crippen LogP contribution is -2.37. The molecule has 3 aromatic carbocycles. The summed E-state index contributed by atoms with van der Waals surface area (Å²) in [5.41, 5.74) is 6.01. The number of oxime groups is 1. The van der Waals surface area contributed by atoms with Crippen molar-refractivity contribution < 1.29 is 14.7 Å². The first-order chi connectivity index (χ1) is 21.5. The molecular formula is C34H36N6O4. The second kappa shape index (κ2) is 12.7. The van der Waals surface area contributed by atoms with Crippen molar-refractivity contribution in [2.75, 3.05) is 13.7 Å². The van der Waals surface area contributed by atoms with E-state index in [2.05, 4.69) is 53.4 Å². The molecule has 1 unspecified atom stereocenters. The fraction of sp³-hybridized carbons (Fsp3) is 0.294. The van der Waals surface area contributed by atoms with E-state index in [1.54, 1.807) is 21.1 Å². The molecule has 6 rings (SSSR count). The fourth-order valence-electron chi connectivity index (χ4n) is 5.69. The lowest BCUT2D eigenvalue weighted by molar-refractivity contribution is -0.145. The summed E-state index contributed by atoms with van der Waals surface area (Å²) in [5.74, 6) is 1.81. The SMILES string of the molecule is CCCCN1C(c2ccccc2-c2ccc(Cc3c(CCC)n4ncnc4n(-c4ccc(OC)cc4)c3=O)cc2)=NOC1O. The zero-order valence-corrected chi connectivity index (χ0v) is 25.2. The Morgan fingerprint density at radius 1 is 0.955 bits per heavy atom. The molecule has 0 aliphatic carbocycles. The number of ether oxygens (including phenoxy) is 1. The molecule has 2 aromatic heterocycles. The maximum absolute atomic E-state index is 14.1. The number of hydrogen-bond donors (Lipinski definition) is 1. The van der Waals surface area contributed by atoms with Gasteiger partial charge in [-0.2, -0.15) is 10.1 Å². The highest BCUT2D eigenvalue weighted by Crippen LogP contribution is 2.29. The standard InChI is InChI=1S/C34H36N6O4/c1-4-6-20-38-31(37-44-34(38)42)28-11-8-7-10-27(28)24-14-12-23(13-15-24)21-29-30(9-5-2)40-33(35-22-36-40)39(32(29)41)25-16-18-26(43-3)19-17-25/h7-8,10-19,22,34,42H,4-6,9,20-21H2,1-3H3. The van der Waals surface area contributed by atoms with Crippen LogP contribution in [0.2, 0.25) is 0 Å². The van der Waals surface area contributed by atoms with Gasteiger partial charge >= 0.3 is 6.41 Å². The van der Waals surface area contributed by atoms with Gasteiger partial charge in [-0.25, -0.2) is 9.08 Å². The van der Waals surface area contributed by atoms with Crippen LogP contribution in [-0.4, -0.2) is 55.1 Å². The molecule has 0 radical (unpaired) electrons. The summed E-state index contributed by atoms with van der Waals surface area (Å²) in [6.45, 7) is 4.85. The average Bonchev–Trinajstić information content (AvgIpc) is 3.69. The highest BCUT2D eigenvalue weighted by Gasteiger charge is 2.30. The molecule has 0 amide bonds. The van der Waals surface area contributed by atoms with E-state index in [1.807, 2.05) is 48.5 Å². The molecule has 0 bridgehead atoms. The Labute approximate surface area is 255 Å². The van der Waals surface area contributed by atoms with Crippen molar-refractivity contribution in [3.8, 4) is 22.6 Å². The number of benzene rings is 3. The Hall–Kier alpha value is -4.96. The lowest BCUT2D eigenvalue weighted by Gasteiger charge is -2.22. The van der Waals surface area contributed by atoms with E-state index < -0.39 is 6.41 Å². The molecule has 1 atom stereocenters. The largest absolute Gasteiger partial charge is 0.497 e. The molecule has 5 aromatic rings. The third kappa shape index (κ3) is 5.44. The van der Waals surface area contributed by atoms with E-state index in [4.69, 9.17) is 9.57 Å². The second-order valence-corrected chi connectivity index (χ2v) is 10.8. The van der Waals surface area contributed by atoms with Gasteiger partial charge in [0.15, 0.2) is 5.84 Å². The Bertz CT molecular complexity index is 1840. The first-order valence-electron chi connectivity index (χ1n) is 15.0. The monoisotopic (exact) mass is 592 g/mol. The average molecular weight is 593 g/mol. The number of rotatable bonds is 11. The van der Waals surface area contributed by atoms with Gasteiger partial charge in [0.25, 0.3) is 5.56 Å². The van der Waals surface area contributed by atoms with Gasteiger partial charge in [0, 0.05) is 24.1 Å². The van der Waals surface area contributed by atoms with E-state index in [0.29, 0.717) is 48.0 Å². The number of aliphatic hydroxyl groups excluding tert-OH is 1. The number of aliphatic hydroxyl groups is 1. The number of aryl methyl sites for hydroxylation is 1. The normalized spacial score (nSPS) is 14.6. The first kappa shape index (κ1) is 29.1. The topological polar surface area (TPSA) is 106 Å². The van der Waals surface area contributed by atoms with Crippen LogP contribution in [-0.2, 0) is 17.7 Å². The van der Waals surface area contributed by atoms with Gasteiger partial charge in [0.2, 0.25) is 5.78 Å². The van der Waals surface area contributed by atoms with E-state index in [0.717, 1.165) is 47.2 Å². The van der Waals surface area contributed by atoms with E-state index in [-0.39, 0.29) is 5.56 Å². The van der Waals surface area contributed by atoms with E-state index >= 15 is 0 Å². The fourth-order valence-corrected chi connectivity index (χ4v) is 5.69. The number of unbranched alkanes of at least 4 members (excludes halogenated alkanes) is 1. The summed E-state index contributed by atoms with van der Waals surface area (Å²) < 4.78 is 8.73. The van der Waals surface area contributed by atoms with E-state index in [1.165, 1.54) is 6.33 Å². The van der Waals surface area contributed by atoms with E-state index in [9.17, 15) is 9.90 Å². The van der Waals surface area contributed by atoms with Crippen molar-refractivity contribution in [1.29, 1.82) is 0 Å². The third-order valence-corrected chi connectivity index (χ3v) is 7.95. The van der Waals surface area contributed by atoms with Gasteiger partial charge < -0.3 is 14.7 Å². The van der Waals surface area contributed by atoms with Crippen LogP contribution >= 0.6 is 0 Å². The van der Waals surface area contributed by atoms with Crippen molar-refractivity contribution >= 4 is 11.6 Å². The molecule has 0 saturated heterocycles. The second-order valence-electron chi connectivity index (χ2n) is 10.8. The van der Waals surface area contributed by atoms with Gasteiger partial charge in [-0.1, -0.05) is 80.4 Å². The molecule has 10 heteroatoms. The minimum Gasteiger partial charge on any atom is -0.497 e. The van der Waals surface area contributed by atoms with Crippen LogP contribution < -0.4 is 10.3 Å². The molecule has 3 heterocycles. The van der Waals surface area contributed by atoms with Crippen LogP contribution in [0.4, 0.5) is 0 Å². The maximum Gasteiger partial charge on any atom is 0.307 e. The third-order valence-electron chi connectivity index (χ3n) is 7.95. The molecule has 0 saturated carbocycles. The number of nitrogens with zero attached hydrogens (tertiary/aromatic N) is 6. The minimum atomic E-state index is -1.09. The van der Waals surface area contributed by atoms with Crippen molar-refractivity contribution in [2.45, 2.75) is 52.4 Å². The summed E-state index contributed by atoms with van der Waals surface area (Å²) in [6.07, 6.45) is 4.32. The van der Waals surface area contributed by atoms with Crippen LogP contribution in [0.3, 0.4) is 0 Å². The van der Waals surface area contributed by atoms with Crippen molar-refractivity contribution in [1.82, 2.24) is 24.1 Å². The molecule has 0 fully saturated rings. The van der Waals surface area contributed by atoms with Crippen molar-refractivity contribution in [2.24, 2.45) is 5.16 Å². The quantitative estimate of drug-likeness (QED) is 0.226. The Morgan fingerprint density at radius 3 is 2.41 bits per heavy atom. The zero-order valence-electron chi connectivity index (χ0n) is 25.2. The van der Waals surface area contributed by atoms with Crippen LogP contribution in [0.15, 0.2) is 89.1 Å². The van der Waals surface area contributed by atoms with Gasteiger partial charge in [-0.05, 0) is 53.8 Å². The van der Waals surface area contributed by atoms with Gasteiger partial charge in [0.1, 0.15) is 12.1 Å². The number of amidine groups is 1. The first-order valence-corrected chi connectivity index (χ1v) is 15.0. The van der Waals surface area contributed by atoms with Crippen molar-refractivity contribution in [3.63, 3.8) is 0 Å². The molecule has 1 aliphatic rings. The Morgan fingerprint density at radius 2 is 1.70 bits per heavy atom. The van der Waals surface area contributed by atoms with Crippen LogP contribution in [0, 0.1) is 0 Å². The molecule has 1 N–H and O–H groups in total. The van der Waals surface area contributed by atoms with Crippen LogP contribution in [0.5, 0.6) is 5.75 Å². The number of hydrogen-bond acceptors (Lipinski definition) is 8. The molecule has 44 heavy (non-hydrogen) atoms. The summed E-state index contributed by atoms with van der Waals surface area (Å²) >= 11 is 0. The summed E-state index contributed by atoms with van der Waals surface area (Å²) in [7, 11) is 1.61. The highest BCUT2D eigenvalue weighted by atomic mass is 16.7. The van der Waals surface area contributed by atoms with Crippen molar-refractivity contribution in [3.05, 3.63) is 112 Å². The molecule has 226 valence electrons. The molecule has 1 aliphatic heterocycles. The Kier molecular flexibility index (Phi) is 8.42. The maximum atomic E-state index is 14.1. The number of aromatic nitrogens is 4. The van der Waals surface area contributed by atoms with Crippen LogP contribution in [0.1, 0.15) is 55.5 Å². The Balaban J connectivity index is 1.36. The van der Waals surface area contributed by atoms with Crippen LogP contribution in [0.25, 0.3) is 22.6 Å². The van der Waals surface area contributed by atoms with Gasteiger partial charge in [-0.3, -0.25) is 9.69 Å². The summed E-state index contributed by atoms with van der Waals surface area (Å²) in [6, 6.07) is 23.6. The predicted octanol–water partition coefficient (Wildman–Crippen LogP) is 5.17. The zero-order chi connectivity index (χ0) is 30.6. The molecule has 0 spiro atoms. The summed E-state index contributed by atoms with van der Waals surface area (Å²) in [5, 5.41) is 19.1. The lowest BCUT2D eigenvalue weighted by atomic mass is 9.95. The smallest absolute Gasteiger partial charge is 0.307 e. The van der Waals surface area contributed by atoms with Gasteiger partial charge in [0.05, 0.1) is 18.5 Å². The molecular weight excluding hydrogens is 556 g/mol. The minimum absolute atomic E-state index is 0.112. The predicted molar refractivity (Wildman–Crippen MR) is 169 cm³/mol. The van der Waals surface area contributed by atoms with Gasteiger partial charge in [-0.15, -0.1) is 0 Å². The molecule has 10 nitrogen and oxygen atoms in total.